The predicted molar refractivity (Wildman–Crippen MR) is 97.4 cm³/mol. The fourth-order valence-electron chi connectivity index (χ4n) is 2.91. The Morgan fingerprint density at radius 1 is 1.20 bits per heavy atom. The lowest BCUT2D eigenvalue weighted by Crippen LogP contribution is -2.42. The molecular formula is C18H27N3O3S. The van der Waals surface area contributed by atoms with E-state index in [4.69, 9.17) is 4.74 Å². The Hall–Kier alpha value is -1.63. The minimum Gasteiger partial charge on any atom is -0.452 e. The first-order chi connectivity index (χ1) is 11.9. The Kier molecular flexibility index (Phi) is 7.68. The van der Waals surface area contributed by atoms with Crippen molar-refractivity contribution in [2.75, 3.05) is 5.75 Å². The van der Waals surface area contributed by atoms with Crippen LogP contribution in [0.15, 0.2) is 11.2 Å². The molecule has 1 aliphatic rings. The number of nitrogens with zero attached hydrogens (tertiary/aromatic N) is 2. The molecule has 1 aromatic rings. The topological polar surface area (TPSA) is 81.2 Å². The first-order valence-corrected chi connectivity index (χ1v) is 9.87. The van der Waals surface area contributed by atoms with Crippen LogP contribution in [0.5, 0.6) is 0 Å². The van der Waals surface area contributed by atoms with Crippen LogP contribution >= 0.6 is 11.8 Å². The number of thioether (sulfide) groups is 1. The van der Waals surface area contributed by atoms with Crippen molar-refractivity contribution >= 4 is 23.6 Å². The molecule has 2 rings (SSSR count). The second-order valence-electron chi connectivity index (χ2n) is 6.55. The fraction of sp³-hybridized carbons (Fsp3) is 0.667. The van der Waals surface area contributed by atoms with Crippen LogP contribution < -0.4 is 5.32 Å². The summed E-state index contributed by atoms with van der Waals surface area (Å²) in [5.74, 6) is -0.562. The zero-order valence-corrected chi connectivity index (χ0v) is 16.0. The van der Waals surface area contributed by atoms with Gasteiger partial charge >= 0.3 is 5.97 Å². The van der Waals surface area contributed by atoms with Gasteiger partial charge in [-0.1, -0.05) is 37.4 Å². The van der Waals surface area contributed by atoms with E-state index in [0.29, 0.717) is 5.16 Å². The number of nitrogens with one attached hydrogen (secondary N) is 1. The highest BCUT2D eigenvalue weighted by molar-refractivity contribution is 7.99. The van der Waals surface area contributed by atoms with Gasteiger partial charge in [-0.25, -0.2) is 9.97 Å². The van der Waals surface area contributed by atoms with Crippen molar-refractivity contribution < 1.29 is 14.3 Å². The van der Waals surface area contributed by atoms with E-state index in [1.807, 2.05) is 19.9 Å². The van der Waals surface area contributed by atoms with Gasteiger partial charge in [0.15, 0.2) is 11.3 Å². The van der Waals surface area contributed by atoms with Crippen LogP contribution in [0.25, 0.3) is 0 Å². The molecule has 1 N–H and O–H groups in total. The largest absolute Gasteiger partial charge is 0.452 e. The summed E-state index contributed by atoms with van der Waals surface area (Å²) < 4.78 is 5.24. The molecule has 1 aliphatic carbocycles. The number of rotatable bonds is 6. The number of ether oxygens (including phenoxy) is 1. The summed E-state index contributed by atoms with van der Waals surface area (Å²) in [6.07, 6.45) is 5.98. The van der Waals surface area contributed by atoms with Crippen LogP contribution in [0, 0.1) is 13.8 Å². The minimum atomic E-state index is -0.781. The Balaban J connectivity index is 1.75. The molecule has 0 bridgehead atoms. The maximum absolute atomic E-state index is 12.2. The summed E-state index contributed by atoms with van der Waals surface area (Å²) in [6.45, 7) is 5.38. The summed E-state index contributed by atoms with van der Waals surface area (Å²) in [5.41, 5.74) is 1.72. The van der Waals surface area contributed by atoms with Crippen LogP contribution in [0.2, 0.25) is 0 Å². The Morgan fingerprint density at radius 2 is 1.80 bits per heavy atom. The maximum atomic E-state index is 12.2. The van der Waals surface area contributed by atoms with Crippen molar-refractivity contribution in [2.24, 2.45) is 0 Å². The third kappa shape index (κ3) is 7.02. The van der Waals surface area contributed by atoms with Crippen molar-refractivity contribution in [1.29, 1.82) is 0 Å². The molecule has 1 atom stereocenters. The molecule has 0 aromatic carbocycles. The molecule has 0 spiro atoms. The highest BCUT2D eigenvalue weighted by atomic mass is 32.2. The van der Waals surface area contributed by atoms with Crippen molar-refractivity contribution in [1.82, 2.24) is 15.3 Å². The molecule has 25 heavy (non-hydrogen) atoms. The average Bonchev–Trinajstić information content (AvgIpc) is 2.80. The van der Waals surface area contributed by atoms with Gasteiger partial charge in [0.2, 0.25) is 0 Å². The smallest absolute Gasteiger partial charge is 0.317 e. The van der Waals surface area contributed by atoms with Crippen LogP contribution in [-0.4, -0.2) is 39.7 Å². The van der Waals surface area contributed by atoms with Gasteiger partial charge in [-0.15, -0.1) is 0 Å². The number of carbonyl (C=O) groups excluding carboxylic acids is 2. The minimum absolute atomic E-state index is 0.0872. The number of aromatic nitrogens is 2. The SMILES string of the molecule is Cc1cc(C)nc(SCC(=O)O[C@@H](C)C(=O)NC2CCCCCC2)n1. The zero-order valence-electron chi connectivity index (χ0n) is 15.2. The highest BCUT2D eigenvalue weighted by Crippen LogP contribution is 2.18. The molecular weight excluding hydrogens is 338 g/mol. The number of hydrogen-bond donors (Lipinski definition) is 1. The molecule has 1 saturated carbocycles. The average molecular weight is 365 g/mol. The maximum Gasteiger partial charge on any atom is 0.317 e. The summed E-state index contributed by atoms with van der Waals surface area (Å²) in [6, 6.07) is 2.08. The summed E-state index contributed by atoms with van der Waals surface area (Å²) in [4.78, 5) is 32.7. The first-order valence-electron chi connectivity index (χ1n) is 8.89. The van der Waals surface area contributed by atoms with E-state index in [1.54, 1.807) is 6.92 Å². The van der Waals surface area contributed by atoms with E-state index in [1.165, 1.54) is 24.6 Å². The molecule has 6 nitrogen and oxygen atoms in total. The molecule has 7 heteroatoms. The molecule has 1 aromatic heterocycles. The lowest BCUT2D eigenvalue weighted by Gasteiger charge is -2.19. The molecule has 0 aliphatic heterocycles. The van der Waals surface area contributed by atoms with Crippen molar-refractivity contribution in [2.45, 2.75) is 76.6 Å². The number of carbonyl (C=O) groups is 2. The van der Waals surface area contributed by atoms with Crippen LogP contribution in [-0.2, 0) is 14.3 Å². The third-order valence-corrected chi connectivity index (χ3v) is 4.98. The second-order valence-corrected chi connectivity index (χ2v) is 7.49. The quantitative estimate of drug-likeness (QED) is 0.361. The van der Waals surface area contributed by atoms with E-state index in [0.717, 1.165) is 37.1 Å². The molecule has 0 unspecified atom stereocenters. The zero-order chi connectivity index (χ0) is 18.2. The number of esters is 1. The normalized spacial score (nSPS) is 16.8. The van der Waals surface area contributed by atoms with Crippen molar-refractivity contribution in [3.8, 4) is 0 Å². The van der Waals surface area contributed by atoms with Crippen LogP contribution in [0.3, 0.4) is 0 Å². The first kappa shape index (κ1) is 19.7. The van der Waals surface area contributed by atoms with Gasteiger partial charge in [0, 0.05) is 17.4 Å². The van der Waals surface area contributed by atoms with Gasteiger partial charge in [-0.2, -0.15) is 0 Å². The van der Waals surface area contributed by atoms with Gasteiger partial charge in [0.05, 0.1) is 5.75 Å². The van der Waals surface area contributed by atoms with Gasteiger partial charge in [-0.3, -0.25) is 9.59 Å². The summed E-state index contributed by atoms with van der Waals surface area (Å²) in [5, 5.41) is 3.55. The van der Waals surface area contributed by atoms with Crippen LogP contribution in [0.1, 0.15) is 56.8 Å². The highest BCUT2D eigenvalue weighted by Gasteiger charge is 2.22. The standard InChI is InChI=1S/C18H27N3O3S/c1-12-10-13(2)20-18(19-12)25-11-16(22)24-14(3)17(23)21-15-8-6-4-5-7-9-15/h10,14-15H,4-9,11H2,1-3H3,(H,21,23)/t14-/m0/s1. The molecule has 0 saturated heterocycles. The molecule has 1 amide bonds. The van der Waals surface area contributed by atoms with Crippen LogP contribution in [0.4, 0.5) is 0 Å². The number of hydrogen-bond acceptors (Lipinski definition) is 6. The van der Waals surface area contributed by atoms with E-state index in [-0.39, 0.29) is 17.7 Å². The summed E-state index contributed by atoms with van der Waals surface area (Å²) >= 11 is 1.22. The Labute approximate surface area is 153 Å². The molecule has 138 valence electrons. The second kappa shape index (κ2) is 9.75. The number of aryl methyl sites for hydroxylation is 2. The van der Waals surface area contributed by atoms with E-state index >= 15 is 0 Å². The fourth-order valence-corrected chi connectivity index (χ4v) is 3.64. The molecule has 1 fully saturated rings. The summed E-state index contributed by atoms with van der Waals surface area (Å²) in [7, 11) is 0. The van der Waals surface area contributed by atoms with Crippen molar-refractivity contribution in [3.63, 3.8) is 0 Å². The molecule has 0 radical (unpaired) electrons. The van der Waals surface area contributed by atoms with Gasteiger partial charge in [0.25, 0.3) is 5.91 Å². The van der Waals surface area contributed by atoms with Gasteiger partial charge < -0.3 is 10.1 Å². The Morgan fingerprint density at radius 3 is 2.40 bits per heavy atom. The van der Waals surface area contributed by atoms with E-state index < -0.39 is 12.1 Å². The lowest BCUT2D eigenvalue weighted by atomic mass is 10.1. The molecule has 1 heterocycles. The lowest BCUT2D eigenvalue weighted by molar-refractivity contribution is -0.152. The van der Waals surface area contributed by atoms with E-state index in [2.05, 4.69) is 15.3 Å². The predicted octanol–water partition coefficient (Wildman–Crippen LogP) is 2.96. The van der Waals surface area contributed by atoms with Gasteiger partial charge in [0.1, 0.15) is 0 Å². The van der Waals surface area contributed by atoms with Gasteiger partial charge in [-0.05, 0) is 39.7 Å². The Bertz CT molecular complexity index is 581. The monoisotopic (exact) mass is 365 g/mol. The van der Waals surface area contributed by atoms with E-state index in [9.17, 15) is 9.59 Å². The number of amides is 1. The third-order valence-electron chi connectivity index (χ3n) is 4.16. The van der Waals surface area contributed by atoms with Crippen molar-refractivity contribution in [3.05, 3.63) is 17.5 Å².